The zero-order chi connectivity index (χ0) is 15.1. The molecule has 0 saturated heterocycles. The van der Waals surface area contributed by atoms with E-state index in [2.05, 4.69) is 5.32 Å². The largest absolute Gasteiger partial charge is 0.492 e. The Kier molecular flexibility index (Phi) is 5.60. The summed E-state index contributed by atoms with van der Waals surface area (Å²) in [5, 5.41) is 3.50. The Morgan fingerprint density at radius 1 is 1.10 bits per heavy atom. The van der Waals surface area contributed by atoms with Gasteiger partial charge in [0.05, 0.1) is 6.42 Å². The van der Waals surface area contributed by atoms with E-state index in [4.69, 9.17) is 22.1 Å². The zero-order valence-electron chi connectivity index (χ0n) is 11.5. The summed E-state index contributed by atoms with van der Waals surface area (Å²) in [7, 11) is 0. The second-order valence-electron chi connectivity index (χ2n) is 4.51. The second-order valence-corrected chi connectivity index (χ2v) is 4.95. The van der Waals surface area contributed by atoms with Crippen LogP contribution in [0.2, 0.25) is 5.02 Å². The Hall–Kier alpha value is -2.04. The van der Waals surface area contributed by atoms with E-state index < -0.39 is 0 Å². The predicted octanol–water partition coefficient (Wildman–Crippen LogP) is 2.86. The standard InChI is InChI=1S/C16H17ClN2O2/c17-13-3-1-12(2-4-13)11-16(20)19-14-5-7-15(8-6-14)21-10-9-18/h1-8H,9-11,18H2,(H,19,20). The van der Waals surface area contributed by atoms with Crippen LogP contribution in [0, 0.1) is 0 Å². The average Bonchev–Trinajstić information content (AvgIpc) is 2.49. The lowest BCUT2D eigenvalue weighted by Gasteiger charge is -2.08. The lowest BCUT2D eigenvalue weighted by atomic mass is 10.1. The molecular formula is C16H17ClN2O2. The van der Waals surface area contributed by atoms with Gasteiger partial charge in [-0.3, -0.25) is 4.79 Å². The fraction of sp³-hybridized carbons (Fsp3) is 0.188. The third kappa shape index (κ3) is 5.10. The van der Waals surface area contributed by atoms with Crippen molar-refractivity contribution < 1.29 is 9.53 Å². The first-order valence-electron chi connectivity index (χ1n) is 6.64. The molecule has 0 atom stereocenters. The molecule has 0 bridgehead atoms. The molecule has 5 heteroatoms. The number of nitrogens with two attached hydrogens (primary N) is 1. The molecule has 2 aromatic rings. The molecular weight excluding hydrogens is 288 g/mol. The van der Waals surface area contributed by atoms with Crippen molar-refractivity contribution in [1.29, 1.82) is 0 Å². The molecule has 0 aliphatic heterocycles. The van der Waals surface area contributed by atoms with Gasteiger partial charge in [-0.15, -0.1) is 0 Å². The number of carbonyl (C=O) groups is 1. The van der Waals surface area contributed by atoms with Crippen LogP contribution in [0.5, 0.6) is 5.75 Å². The third-order valence-electron chi connectivity index (χ3n) is 2.80. The van der Waals surface area contributed by atoms with Crippen LogP contribution in [0.3, 0.4) is 0 Å². The van der Waals surface area contributed by atoms with Gasteiger partial charge >= 0.3 is 0 Å². The molecule has 0 heterocycles. The summed E-state index contributed by atoms with van der Waals surface area (Å²) in [4.78, 5) is 11.9. The lowest BCUT2D eigenvalue weighted by molar-refractivity contribution is -0.115. The lowest BCUT2D eigenvalue weighted by Crippen LogP contribution is -2.14. The molecule has 3 N–H and O–H groups in total. The molecule has 0 aromatic heterocycles. The fourth-order valence-electron chi connectivity index (χ4n) is 1.80. The minimum atomic E-state index is -0.0760. The van der Waals surface area contributed by atoms with E-state index in [-0.39, 0.29) is 5.91 Å². The van der Waals surface area contributed by atoms with Crippen LogP contribution < -0.4 is 15.8 Å². The van der Waals surface area contributed by atoms with Gasteiger partial charge in [0.15, 0.2) is 0 Å². The number of rotatable bonds is 6. The van der Waals surface area contributed by atoms with Crippen LogP contribution in [0.25, 0.3) is 0 Å². The Labute approximate surface area is 128 Å². The number of nitrogens with one attached hydrogen (secondary N) is 1. The van der Waals surface area contributed by atoms with Crippen molar-refractivity contribution in [1.82, 2.24) is 0 Å². The summed E-state index contributed by atoms with van der Waals surface area (Å²) in [6, 6.07) is 14.4. The molecule has 0 aliphatic rings. The predicted molar refractivity (Wildman–Crippen MR) is 84.8 cm³/mol. The molecule has 21 heavy (non-hydrogen) atoms. The second kappa shape index (κ2) is 7.67. The highest BCUT2D eigenvalue weighted by Gasteiger charge is 2.04. The van der Waals surface area contributed by atoms with Gasteiger partial charge in [-0.2, -0.15) is 0 Å². The first-order chi connectivity index (χ1) is 10.2. The van der Waals surface area contributed by atoms with Crippen LogP contribution in [-0.4, -0.2) is 19.1 Å². The Morgan fingerprint density at radius 2 is 1.76 bits per heavy atom. The average molecular weight is 305 g/mol. The van der Waals surface area contributed by atoms with E-state index in [0.717, 1.165) is 17.0 Å². The number of hydrogen-bond donors (Lipinski definition) is 2. The number of hydrogen-bond acceptors (Lipinski definition) is 3. The first-order valence-corrected chi connectivity index (χ1v) is 7.02. The number of anilines is 1. The molecule has 0 spiro atoms. The van der Waals surface area contributed by atoms with Gasteiger partial charge in [-0.1, -0.05) is 23.7 Å². The van der Waals surface area contributed by atoms with Crippen LogP contribution in [0.1, 0.15) is 5.56 Å². The van der Waals surface area contributed by atoms with Crippen LogP contribution >= 0.6 is 11.6 Å². The molecule has 0 saturated carbocycles. The van der Waals surface area contributed by atoms with Gasteiger partial charge in [0.25, 0.3) is 0 Å². The highest BCUT2D eigenvalue weighted by Crippen LogP contribution is 2.16. The van der Waals surface area contributed by atoms with E-state index in [1.165, 1.54) is 0 Å². The molecule has 4 nitrogen and oxygen atoms in total. The fourth-order valence-corrected chi connectivity index (χ4v) is 1.93. The Bertz CT molecular complexity index is 582. The van der Waals surface area contributed by atoms with E-state index in [9.17, 15) is 4.79 Å². The van der Waals surface area contributed by atoms with Gasteiger partial charge in [0.2, 0.25) is 5.91 Å². The SMILES string of the molecule is NCCOc1ccc(NC(=O)Cc2ccc(Cl)cc2)cc1. The van der Waals surface area contributed by atoms with Crippen molar-refractivity contribution >= 4 is 23.2 Å². The zero-order valence-corrected chi connectivity index (χ0v) is 12.3. The number of amides is 1. The monoisotopic (exact) mass is 304 g/mol. The maximum atomic E-state index is 11.9. The minimum absolute atomic E-state index is 0.0760. The summed E-state index contributed by atoms with van der Waals surface area (Å²) < 4.78 is 5.37. The summed E-state index contributed by atoms with van der Waals surface area (Å²) >= 11 is 5.81. The van der Waals surface area contributed by atoms with Gasteiger partial charge in [-0.25, -0.2) is 0 Å². The Morgan fingerprint density at radius 3 is 2.38 bits per heavy atom. The highest BCUT2D eigenvalue weighted by molar-refractivity contribution is 6.30. The Balaban J connectivity index is 1.88. The van der Waals surface area contributed by atoms with Crippen LogP contribution in [-0.2, 0) is 11.2 Å². The summed E-state index contributed by atoms with van der Waals surface area (Å²) in [5.74, 6) is 0.657. The van der Waals surface area contributed by atoms with E-state index in [1.54, 1.807) is 36.4 Å². The van der Waals surface area contributed by atoms with Crippen molar-refractivity contribution in [2.75, 3.05) is 18.5 Å². The topological polar surface area (TPSA) is 64.3 Å². The van der Waals surface area contributed by atoms with E-state index >= 15 is 0 Å². The maximum absolute atomic E-state index is 11.9. The summed E-state index contributed by atoms with van der Waals surface area (Å²) in [5.41, 5.74) is 7.01. The minimum Gasteiger partial charge on any atom is -0.492 e. The summed E-state index contributed by atoms with van der Waals surface area (Å²) in [6.07, 6.45) is 0.308. The van der Waals surface area contributed by atoms with Gasteiger partial charge in [0.1, 0.15) is 12.4 Å². The molecule has 0 fully saturated rings. The molecule has 2 aromatic carbocycles. The van der Waals surface area contributed by atoms with Crippen LogP contribution in [0.4, 0.5) is 5.69 Å². The molecule has 1 amide bonds. The summed E-state index contributed by atoms with van der Waals surface area (Å²) in [6.45, 7) is 0.946. The number of benzene rings is 2. The number of ether oxygens (including phenoxy) is 1. The van der Waals surface area contributed by atoms with Gasteiger partial charge in [0, 0.05) is 17.3 Å². The smallest absolute Gasteiger partial charge is 0.228 e. The molecule has 110 valence electrons. The van der Waals surface area contributed by atoms with E-state index in [1.807, 2.05) is 12.1 Å². The molecule has 0 radical (unpaired) electrons. The molecule has 2 rings (SSSR count). The van der Waals surface area contributed by atoms with Gasteiger partial charge < -0.3 is 15.8 Å². The van der Waals surface area contributed by atoms with Gasteiger partial charge in [-0.05, 0) is 42.0 Å². The van der Waals surface area contributed by atoms with Crippen molar-refractivity contribution in [3.05, 3.63) is 59.1 Å². The first kappa shape index (κ1) is 15.4. The molecule has 0 aliphatic carbocycles. The third-order valence-corrected chi connectivity index (χ3v) is 3.05. The molecule has 0 unspecified atom stereocenters. The van der Waals surface area contributed by atoms with Crippen molar-refractivity contribution in [3.8, 4) is 5.75 Å². The van der Waals surface area contributed by atoms with Crippen molar-refractivity contribution in [2.24, 2.45) is 5.73 Å². The number of halogens is 1. The maximum Gasteiger partial charge on any atom is 0.228 e. The van der Waals surface area contributed by atoms with Crippen molar-refractivity contribution in [3.63, 3.8) is 0 Å². The normalized spacial score (nSPS) is 10.2. The van der Waals surface area contributed by atoms with Crippen molar-refractivity contribution in [2.45, 2.75) is 6.42 Å². The highest BCUT2D eigenvalue weighted by atomic mass is 35.5. The number of carbonyl (C=O) groups excluding carboxylic acids is 1. The van der Waals surface area contributed by atoms with Crippen LogP contribution in [0.15, 0.2) is 48.5 Å². The van der Waals surface area contributed by atoms with E-state index in [0.29, 0.717) is 24.6 Å². The quantitative estimate of drug-likeness (QED) is 0.862.